The molecule has 134 valence electrons. The topological polar surface area (TPSA) is 54.5 Å². The number of hydrogen-bond donors (Lipinski definition) is 1. The molecule has 1 aliphatic heterocycles. The molecule has 2 heterocycles. The zero-order valence-electron chi connectivity index (χ0n) is 14.9. The van der Waals surface area contributed by atoms with E-state index in [0.29, 0.717) is 6.54 Å². The maximum Gasteiger partial charge on any atom is 0.244 e. The lowest BCUT2D eigenvalue weighted by atomic mass is 10.2. The third-order valence-corrected chi connectivity index (χ3v) is 3.81. The van der Waals surface area contributed by atoms with E-state index in [4.69, 9.17) is 4.74 Å². The Hall–Kier alpha value is -2.24. The molecule has 1 aromatic heterocycles. The molecule has 1 aromatic rings. The van der Waals surface area contributed by atoms with E-state index in [1.807, 2.05) is 18.2 Å². The minimum absolute atomic E-state index is 0.109. The molecular formula is C20H27N3O2. The van der Waals surface area contributed by atoms with Gasteiger partial charge in [0.1, 0.15) is 0 Å². The molecule has 0 atom stereocenters. The number of ether oxygens (including phenoxy) is 1. The summed E-state index contributed by atoms with van der Waals surface area (Å²) in [5.74, 6) is -0.109. The Morgan fingerprint density at radius 2 is 2.20 bits per heavy atom. The standard InChI is InChI=1S/C20H27N3O2/c1-2-5-19(17-23-12-14-25-15-13-23)7-4-11-22-20(24)9-8-18-6-3-10-21-16-18/h3-10,16H,2,11-15,17H2,1H3,(H,22,24)/b7-4-,9-8+,19-5+. The maximum atomic E-state index is 11.8. The predicted octanol–water partition coefficient (Wildman–Crippen LogP) is 2.44. The van der Waals surface area contributed by atoms with Crippen molar-refractivity contribution < 1.29 is 9.53 Å². The van der Waals surface area contributed by atoms with Gasteiger partial charge in [0.25, 0.3) is 0 Å². The average Bonchev–Trinajstić information content (AvgIpc) is 2.65. The Morgan fingerprint density at radius 3 is 2.92 bits per heavy atom. The highest BCUT2D eigenvalue weighted by molar-refractivity contribution is 5.91. The molecule has 2 rings (SSSR count). The summed E-state index contributed by atoms with van der Waals surface area (Å²) in [5, 5.41) is 2.86. The summed E-state index contributed by atoms with van der Waals surface area (Å²) in [6.45, 7) is 7.15. The van der Waals surface area contributed by atoms with Crippen molar-refractivity contribution >= 4 is 12.0 Å². The Labute approximate surface area is 150 Å². The summed E-state index contributed by atoms with van der Waals surface area (Å²) in [5.41, 5.74) is 2.19. The molecule has 1 fully saturated rings. The predicted molar refractivity (Wildman–Crippen MR) is 101 cm³/mol. The van der Waals surface area contributed by atoms with Crippen LogP contribution in [0.25, 0.3) is 6.08 Å². The maximum absolute atomic E-state index is 11.8. The Kier molecular flexibility index (Phi) is 8.66. The Bertz CT molecular complexity index is 603. The molecule has 1 N–H and O–H groups in total. The van der Waals surface area contributed by atoms with E-state index >= 15 is 0 Å². The van der Waals surface area contributed by atoms with Crippen LogP contribution in [0.4, 0.5) is 0 Å². The van der Waals surface area contributed by atoms with Crippen molar-refractivity contribution in [3.63, 3.8) is 0 Å². The van der Waals surface area contributed by atoms with Crippen LogP contribution >= 0.6 is 0 Å². The van der Waals surface area contributed by atoms with Gasteiger partial charge in [-0.25, -0.2) is 0 Å². The van der Waals surface area contributed by atoms with Crippen LogP contribution in [0.5, 0.6) is 0 Å². The van der Waals surface area contributed by atoms with Gasteiger partial charge < -0.3 is 10.1 Å². The number of rotatable bonds is 8. The number of nitrogens with one attached hydrogen (secondary N) is 1. The van der Waals surface area contributed by atoms with Crippen molar-refractivity contribution in [3.8, 4) is 0 Å². The van der Waals surface area contributed by atoms with E-state index in [0.717, 1.165) is 44.8 Å². The normalized spacial score (nSPS) is 16.6. The summed E-state index contributed by atoms with van der Waals surface area (Å²) < 4.78 is 5.38. The van der Waals surface area contributed by atoms with Crippen LogP contribution < -0.4 is 5.32 Å². The quantitative estimate of drug-likeness (QED) is 0.583. The molecule has 0 bridgehead atoms. The van der Waals surface area contributed by atoms with E-state index in [2.05, 4.69) is 34.3 Å². The Balaban J connectivity index is 1.74. The smallest absolute Gasteiger partial charge is 0.244 e. The molecule has 0 aromatic carbocycles. The highest BCUT2D eigenvalue weighted by Crippen LogP contribution is 2.06. The average molecular weight is 341 g/mol. The number of morpholine rings is 1. The summed E-state index contributed by atoms with van der Waals surface area (Å²) in [7, 11) is 0. The number of hydrogen-bond acceptors (Lipinski definition) is 4. The van der Waals surface area contributed by atoms with E-state index in [1.54, 1.807) is 18.5 Å². The van der Waals surface area contributed by atoms with Gasteiger partial charge in [-0.15, -0.1) is 0 Å². The van der Waals surface area contributed by atoms with Gasteiger partial charge in [-0.1, -0.05) is 31.2 Å². The number of allylic oxidation sites excluding steroid dienone is 1. The number of carbonyl (C=O) groups is 1. The third kappa shape index (κ3) is 7.92. The lowest BCUT2D eigenvalue weighted by Gasteiger charge is -2.27. The molecule has 1 amide bonds. The van der Waals surface area contributed by atoms with Gasteiger partial charge in [-0.05, 0) is 29.7 Å². The van der Waals surface area contributed by atoms with Gasteiger partial charge in [-0.3, -0.25) is 14.7 Å². The van der Waals surface area contributed by atoms with E-state index < -0.39 is 0 Å². The zero-order valence-corrected chi connectivity index (χ0v) is 14.9. The van der Waals surface area contributed by atoms with Crippen molar-refractivity contribution in [1.82, 2.24) is 15.2 Å². The molecule has 1 saturated heterocycles. The summed E-state index contributed by atoms with van der Waals surface area (Å²) in [4.78, 5) is 18.2. The molecular weight excluding hydrogens is 314 g/mol. The van der Waals surface area contributed by atoms with Gasteiger partial charge in [-0.2, -0.15) is 0 Å². The fraction of sp³-hybridized carbons (Fsp3) is 0.400. The van der Waals surface area contributed by atoms with E-state index in [9.17, 15) is 4.79 Å². The third-order valence-electron chi connectivity index (χ3n) is 3.81. The minimum Gasteiger partial charge on any atom is -0.379 e. The molecule has 0 radical (unpaired) electrons. The van der Waals surface area contributed by atoms with Gasteiger partial charge >= 0.3 is 0 Å². The summed E-state index contributed by atoms with van der Waals surface area (Å²) in [6, 6.07) is 3.75. The van der Waals surface area contributed by atoms with Crippen molar-refractivity contribution in [3.05, 3.63) is 60.0 Å². The molecule has 5 heteroatoms. The first-order valence-corrected chi connectivity index (χ1v) is 8.79. The Morgan fingerprint density at radius 1 is 1.36 bits per heavy atom. The SMILES string of the molecule is CC/C=C(\C=C/CNC(=O)/C=C/c1cccnc1)CN1CCOCC1. The second kappa shape index (κ2) is 11.3. The highest BCUT2D eigenvalue weighted by atomic mass is 16.5. The van der Waals surface area contributed by atoms with Gasteiger partial charge in [0.2, 0.25) is 5.91 Å². The van der Waals surface area contributed by atoms with E-state index in [-0.39, 0.29) is 5.91 Å². The van der Waals surface area contributed by atoms with Crippen LogP contribution in [-0.2, 0) is 9.53 Å². The number of amides is 1. The first-order chi connectivity index (χ1) is 12.3. The largest absolute Gasteiger partial charge is 0.379 e. The molecule has 25 heavy (non-hydrogen) atoms. The fourth-order valence-electron chi connectivity index (χ4n) is 2.54. The van der Waals surface area contributed by atoms with Crippen LogP contribution in [0.15, 0.2) is 54.4 Å². The second-order valence-electron chi connectivity index (χ2n) is 5.84. The summed E-state index contributed by atoms with van der Waals surface area (Å²) in [6.07, 6.45) is 14.0. The molecule has 1 aliphatic rings. The van der Waals surface area contributed by atoms with Crippen LogP contribution in [0, 0.1) is 0 Å². The van der Waals surface area contributed by atoms with Crippen molar-refractivity contribution in [2.45, 2.75) is 13.3 Å². The minimum atomic E-state index is -0.109. The van der Waals surface area contributed by atoms with Crippen molar-refractivity contribution in [1.29, 1.82) is 0 Å². The molecule has 0 aliphatic carbocycles. The van der Waals surface area contributed by atoms with Crippen LogP contribution in [0.1, 0.15) is 18.9 Å². The van der Waals surface area contributed by atoms with Gasteiger partial charge in [0.15, 0.2) is 0 Å². The molecule has 0 unspecified atom stereocenters. The number of pyridine rings is 1. The van der Waals surface area contributed by atoms with Gasteiger partial charge in [0.05, 0.1) is 13.2 Å². The van der Waals surface area contributed by atoms with Crippen molar-refractivity contribution in [2.24, 2.45) is 0 Å². The van der Waals surface area contributed by atoms with Crippen molar-refractivity contribution in [2.75, 3.05) is 39.4 Å². The number of aromatic nitrogens is 1. The fourth-order valence-corrected chi connectivity index (χ4v) is 2.54. The van der Waals surface area contributed by atoms with Crippen LogP contribution in [0.2, 0.25) is 0 Å². The lowest BCUT2D eigenvalue weighted by molar-refractivity contribution is -0.116. The van der Waals surface area contributed by atoms with Gasteiger partial charge in [0, 0.05) is 44.6 Å². The first kappa shape index (κ1) is 19.1. The zero-order chi connectivity index (χ0) is 17.7. The van der Waals surface area contributed by atoms with Crippen LogP contribution in [0.3, 0.4) is 0 Å². The van der Waals surface area contributed by atoms with E-state index in [1.165, 1.54) is 11.6 Å². The molecule has 0 spiro atoms. The molecule has 5 nitrogen and oxygen atoms in total. The lowest BCUT2D eigenvalue weighted by Crippen LogP contribution is -2.37. The monoisotopic (exact) mass is 341 g/mol. The number of nitrogens with zero attached hydrogens (tertiary/aromatic N) is 2. The van der Waals surface area contributed by atoms with Crippen LogP contribution in [-0.4, -0.2) is 55.2 Å². The highest BCUT2D eigenvalue weighted by Gasteiger charge is 2.10. The molecule has 0 saturated carbocycles. The first-order valence-electron chi connectivity index (χ1n) is 8.79. The summed E-state index contributed by atoms with van der Waals surface area (Å²) >= 11 is 0. The number of carbonyl (C=O) groups excluding carboxylic acids is 1. The second-order valence-corrected chi connectivity index (χ2v) is 5.84.